The van der Waals surface area contributed by atoms with Crippen molar-refractivity contribution in [3.63, 3.8) is 0 Å². The predicted octanol–water partition coefficient (Wildman–Crippen LogP) is 5.24. The van der Waals surface area contributed by atoms with Crippen LogP contribution in [-0.2, 0) is 11.4 Å². The average molecular weight is 509 g/mol. The summed E-state index contributed by atoms with van der Waals surface area (Å²) in [5.41, 5.74) is 3.05. The van der Waals surface area contributed by atoms with Crippen LogP contribution in [0.3, 0.4) is 0 Å². The monoisotopic (exact) mass is 509 g/mol. The van der Waals surface area contributed by atoms with Crippen LogP contribution in [0.1, 0.15) is 23.6 Å². The number of nitrogens with zero attached hydrogens (tertiary/aromatic N) is 1. The molecule has 0 aromatic heterocycles. The van der Waals surface area contributed by atoms with E-state index in [0.29, 0.717) is 29.6 Å². The average Bonchev–Trinajstić information content (AvgIpc) is 2.88. The second-order valence-electron chi connectivity index (χ2n) is 6.28. The highest BCUT2D eigenvalue weighted by atomic mass is 127. The summed E-state index contributed by atoms with van der Waals surface area (Å²) < 4.78 is 12.7. The Balaban J connectivity index is 1.88. The van der Waals surface area contributed by atoms with Gasteiger partial charge in [0, 0.05) is 7.05 Å². The molecule has 1 aliphatic rings. The first kappa shape index (κ1) is 20.7. The molecule has 0 radical (unpaired) electrons. The lowest BCUT2D eigenvalue weighted by Gasteiger charge is -2.15. The Labute approximate surface area is 182 Å². The zero-order chi connectivity index (χ0) is 20.3. The van der Waals surface area contributed by atoms with Crippen LogP contribution in [-0.4, -0.2) is 29.7 Å². The Hall–Kier alpha value is -2.00. The van der Waals surface area contributed by atoms with Gasteiger partial charge in [-0.2, -0.15) is 0 Å². The molecule has 0 atom stereocenters. The number of ether oxygens (including phenoxy) is 2. The van der Waals surface area contributed by atoms with Gasteiger partial charge in [0.25, 0.3) is 11.1 Å². The molecule has 1 saturated heterocycles. The predicted molar refractivity (Wildman–Crippen MR) is 120 cm³/mol. The topological polar surface area (TPSA) is 55.8 Å². The van der Waals surface area contributed by atoms with Crippen LogP contribution in [0.2, 0.25) is 0 Å². The first-order valence-corrected chi connectivity index (χ1v) is 10.6. The van der Waals surface area contributed by atoms with Crippen molar-refractivity contribution in [1.29, 1.82) is 0 Å². The van der Waals surface area contributed by atoms with Gasteiger partial charge in [0.15, 0.2) is 11.5 Å². The molecule has 5 nitrogen and oxygen atoms in total. The van der Waals surface area contributed by atoms with E-state index in [-0.39, 0.29) is 11.1 Å². The summed E-state index contributed by atoms with van der Waals surface area (Å²) in [7, 11) is 1.48. The second-order valence-corrected chi connectivity index (χ2v) is 8.44. The highest BCUT2D eigenvalue weighted by Crippen LogP contribution is 2.37. The molecule has 28 heavy (non-hydrogen) atoms. The molecule has 2 aromatic carbocycles. The number of aryl methyl sites for hydroxylation is 1. The number of carbonyl (C=O) groups excluding carboxylic acids is 2. The van der Waals surface area contributed by atoms with Crippen molar-refractivity contribution in [2.75, 3.05) is 13.7 Å². The van der Waals surface area contributed by atoms with Gasteiger partial charge in [-0.1, -0.05) is 29.8 Å². The maximum Gasteiger partial charge on any atom is 0.293 e. The molecule has 0 bridgehead atoms. The fourth-order valence-electron chi connectivity index (χ4n) is 2.73. The van der Waals surface area contributed by atoms with Gasteiger partial charge in [-0.15, -0.1) is 0 Å². The van der Waals surface area contributed by atoms with Crippen molar-refractivity contribution < 1.29 is 19.1 Å². The lowest BCUT2D eigenvalue weighted by atomic mass is 10.1. The molecule has 3 rings (SSSR count). The SMILES string of the molecule is CCOc1cc(/C=C2\SC(=O)N(C)C2=O)cc(I)c1OCc1cccc(C)c1. The third-order valence-electron chi connectivity index (χ3n) is 4.08. The van der Waals surface area contributed by atoms with E-state index in [1.807, 2.05) is 44.2 Å². The number of thioether (sulfide) groups is 1. The van der Waals surface area contributed by atoms with Gasteiger partial charge in [0.2, 0.25) is 0 Å². The summed E-state index contributed by atoms with van der Waals surface area (Å²) >= 11 is 3.14. The molecule has 2 aromatic rings. The quantitative estimate of drug-likeness (QED) is 0.394. The number of rotatable bonds is 6. The smallest absolute Gasteiger partial charge is 0.293 e. The Kier molecular flexibility index (Phi) is 6.66. The molecular formula is C21H20INO4S. The molecule has 146 valence electrons. The minimum atomic E-state index is -0.289. The molecular weight excluding hydrogens is 489 g/mol. The summed E-state index contributed by atoms with van der Waals surface area (Å²) in [6.07, 6.45) is 1.71. The molecule has 7 heteroatoms. The molecule has 1 fully saturated rings. The Morgan fingerprint density at radius 3 is 2.61 bits per heavy atom. The lowest BCUT2D eigenvalue weighted by molar-refractivity contribution is -0.121. The van der Waals surface area contributed by atoms with Crippen molar-refractivity contribution in [1.82, 2.24) is 4.90 Å². The maximum absolute atomic E-state index is 12.1. The number of imide groups is 1. The van der Waals surface area contributed by atoms with Crippen LogP contribution < -0.4 is 9.47 Å². The van der Waals surface area contributed by atoms with Crippen molar-refractivity contribution in [2.24, 2.45) is 0 Å². The normalized spacial score (nSPS) is 15.4. The first-order valence-electron chi connectivity index (χ1n) is 8.75. The number of likely N-dealkylation sites (N-methyl/N-ethyl adjacent to an activating group) is 1. The standard InChI is InChI=1S/C21H20INO4S/c1-4-26-17-10-15(11-18-20(24)23(3)21(25)28-18)9-16(22)19(17)27-12-14-7-5-6-13(2)8-14/h5-11H,4,12H2,1-3H3/b18-11-. The zero-order valence-corrected chi connectivity index (χ0v) is 18.8. The van der Waals surface area contributed by atoms with E-state index in [0.717, 1.165) is 31.4 Å². The van der Waals surface area contributed by atoms with Crippen molar-refractivity contribution in [2.45, 2.75) is 20.5 Å². The van der Waals surface area contributed by atoms with E-state index in [4.69, 9.17) is 9.47 Å². The van der Waals surface area contributed by atoms with Gasteiger partial charge in [0.1, 0.15) is 6.61 Å². The van der Waals surface area contributed by atoms with Gasteiger partial charge in [-0.05, 0) is 77.5 Å². The number of halogens is 1. The van der Waals surface area contributed by atoms with Crippen LogP contribution in [0.4, 0.5) is 4.79 Å². The Bertz CT molecular complexity index is 957. The third kappa shape index (κ3) is 4.70. The summed E-state index contributed by atoms with van der Waals surface area (Å²) in [4.78, 5) is 25.3. The highest BCUT2D eigenvalue weighted by molar-refractivity contribution is 14.1. The number of amides is 2. The minimum absolute atomic E-state index is 0.269. The largest absolute Gasteiger partial charge is 0.490 e. The van der Waals surface area contributed by atoms with E-state index in [9.17, 15) is 9.59 Å². The minimum Gasteiger partial charge on any atom is -0.490 e. The fraction of sp³-hybridized carbons (Fsp3) is 0.238. The lowest BCUT2D eigenvalue weighted by Crippen LogP contribution is -2.22. The number of hydrogen-bond donors (Lipinski definition) is 0. The Morgan fingerprint density at radius 2 is 1.96 bits per heavy atom. The van der Waals surface area contributed by atoms with Gasteiger partial charge in [-0.3, -0.25) is 14.5 Å². The van der Waals surface area contributed by atoms with Gasteiger partial charge in [0.05, 0.1) is 15.1 Å². The van der Waals surface area contributed by atoms with Crippen LogP contribution in [0.15, 0.2) is 41.3 Å². The van der Waals surface area contributed by atoms with Crippen molar-refractivity contribution in [3.05, 3.63) is 61.6 Å². The third-order valence-corrected chi connectivity index (χ3v) is 5.84. The summed E-state index contributed by atoms with van der Waals surface area (Å²) in [5, 5.41) is -0.269. The summed E-state index contributed by atoms with van der Waals surface area (Å²) in [6, 6.07) is 11.9. The molecule has 0 aliphatic carbocycles. The number of benzene rings is 2. The molecule has 0 unspecified atom stereocenters. The van der Waals surface area contributed by atoms with Crippen LogP contribution in [0.25, 0.3) is 6.08 Å². The zero-order valence-electron chi connectivity index (χ0n) is 15.8. The number of carbonyl (C=O) groups is 2. The summed E-state index contributed by atoms with van der Waals surface area (Å²) in [5.74, 6) is 0.997. The van der Waals surface area contributed by atoms with Crippen LogP contribution in [0.5, 0.6) is 11.5 Å². The number of hydrogen-bond acceptors (Lipinski definition) is 5. The maximum atomic E-state index is 12.1. The first-order chi connectivity index (χ1) is 13.4. The van der Waals surface area contributed by atoms with Gasteiger partial charge >= 0.3 is 0 Å². The fourth-order valence-corrected chi connectivity index (χ4v) is 4.34. The van der Waals surface area contributed by atoms with E-state index in [2.05, 4.69) is 28.7 Å². The van der Waals surface area contributed by atoms with E-state index >= 15 is 0 Å². The van der Waals surface area contributed by atoms with Gasteiger partial charge < -0.3 is 9.47 Å². The van der Waals surface area contributed by atoms with E-state index < -0.39 is 0 Å². The molecule has 1 heterocycles. The van der Waals surface area contributed by atoms with Crippen molar-refractivity contribution in [3.8, 4) is 11.5 Å². The molecule has 0 saturated carbocycles. The molecule has 1 aliphatic heterocycles. The highest BCUT2D eigenvalue weighted by Gasteiger charge is 2.31. The van der Waals surface area contributed by atoms with Crippen LogP contribution in [0, 0.1) is 10.5 Å². The second kappa shape index (κ2) is 9.00. The molecule has 0 N–H and O–H groups in total. The van der Waals surface area contributed by atoms with Gasteiger partial charge in [-0.25, -0.2) is 0 Å². The van der Waals surface area contributed by atoms with Crippen molar-refractivity contribution >= 4 is 51.6 Å². The summed E-state index contributed by atoms with van der Waals surface area (Å²) in [6.45, 7) is 4.88. The van der Waals surface area contributed by atoms with Crippen LogP contribution >= 0.6 is 34.4 Å². The Morgan fingerprint density at radius 1 is 1.18 bits per heavy atom. The molecule has 2 amide bonds. The van der Waals surface area contributed by atoms with E-state index in [1.54, 1.807) is 6.08 Å². The molecule has 0 spiro atoms. The van der Waals surface area contributed by atoms with E-state index in [1.165, 1.54) is 12.6 Å².